The van der Waals surface area contributed by atoms with Crippen molar-refractivity contribution in [3.8, 4) is 10.4 Å². The fourth-order valence-corrected chi connectivity index (χ4v) is 5.86. The van der Waals surface area contributed by atoms with E-state index < -0.39 is 0 Å². The van der Waals surface area contributed by atoms with E-state index in [0.29, 0.717) is 22.5 Å². The molecule has 2 aliphatic rings. The Kier molecular flexibility index (Phi) is 7.01. The number of pyridine rings is 1. The molecule has 2 saturated heterocycles. The van der Waals surface area contributed by atoms with E-state index in [2.05, 4.69) is 48.7 Å². The minimum absolute atomic E-state index is 0.349. The number of hydrogen-bond acceptors (Lipinski definition) is 8. The molecule has 0 bridgehead atoms. The number of imide groups is 1. The number of aryl methyl sites for hydroxylation is 1. The van der Waals surface area contributed by atoms with Crippen molar-refractivity contribution in [3.63, 3.8) is 0 Å². The summed E-state index contributed by atoms with van der Waals surface area (Å²) < 4.78 is 0. The molecule has 3 aromatic rings. The van der Waals surface area contributed by atoms with E-state index in [1.54, 1.807) is 29.7 Å². The highest BCUT2D eigenvalue weighted by Gasteiger charge is 2.26. The van der Waals surface area contributed by atoms with Crippen LogP contribution in [-0.2, 0) is 11.2 Å². The minimum atomic E-state index is -0.371. The maximum Gasteiger partial charge on any atom is 0.290 e. The largest absolute Gasteiger partial charge is 0.341 e. The number of amides is 2. The van der Waals surface area contributed by atoms with E-state index in [0.717, 1.165) is 50.5 Å². The van der Waals surface area contributed by atoms with Crippen molar-refractivity contribution in [3.05, 3.63) is 64.4 Å². The Morgan fingerprint density at radius 3 is 2.74 bits per heavy atom. The average molecular weight is 492 g/mol. The molecule has 5 heterocycles. The summed E-state index contributed by atoms with van der Waals surface area (Å²) >= 11 is 2.66. The predicted molar refractivity (Wildman–Crippen MR) is 137 cm³/mol. The fourth-order valence-electron chi connectivity index (χ4n) is 4.42. The van der Waals surface area contributed by atoms with Crippen LogP contribution >= 0.6 is 23.1 Å². The summed E-state index contributed by atoms with van der Waals surface area (Å²) in [7, 11) is 0. The van der Waals surface area contributed by atoms with E-state index in [1.807, 2.05) is 12.3 Å². The lowest BCUT2D eigenvalue weighted by molar-refractivity contribution is -0.115. The number of anilines is 1. The van der Waals surface area contributed by atoms with Crippen LogP contribution in [0.4, 0.5) is 10.7 Å². The number of nitrogens with one attached hydrogen (secondary N) is 1. The molecule has 9 heteroatoms. The zero-order chi connectivity index (χ0) is 23.3. The quantitative estimate of drug-likeness (QED) is 0.457. The zero-order valence-corrected chi connectivity index (χ0v) is 20.3. The Balaban J connectivity index is 1.13. The van der Waals surface area contributed by atoms with Gasteiger partial charge in [0.05, 0.1) is 10.6 Å². The molecule has 2 fully saturated rings. The number of aromatic nitrogens is 3. The van der Waals surface area contributed by atoms with E-state index in [4.69, 9.17) is 0 Å². The van der Waals surface area contributed by atoms with E-state index in [-0.39, 0.29) is 11.1 Å². The third-order valence-electron chi connectivity index (χ3n) is 6.19. The molecule has 174 valence electrons. The van der Waals surface area contributed by atoms with E-state index in [1.165, 1.54) is 22.6 Å². The van der Waals surface area contributed by atoms with Gasteiger partial charge in [-0.25, -0.2) is 9.97 Å². The summed E-state index contributed by atoms with van der Waals surface area (Å²) in [5, 5.41) is 4.03. The Morgan fingerprint density at radius 1 is 1.09 bits per heavy atom. The van der Waals surface area contributed by atoms with Gasteiger partial charge in [-0.3, -0.25) is 19.9 Å². The van der Waals surface area contributed by atoms with Crippen molar-refractivity contribution in [2.24, 2.45) is 5.92 Å². The average Bonchev–Trinajstić information content (AvgIpc) is 3.50. The molecule has 0 atom stereocenters. The van der Waals surface area contributed by atoms with Gasteiger partial charge < -0.3 is 4.90 Å². The Bertz CT molecular complexity index is 1200. The predicted octanol–water partition coefficient (Wildman–Crippen LogP) is 5.16. The Labute approximate surface area is 206 Å². The summed E-state index contributed by atoms with van der Waals surface area (Å²) in [4.78, 5) is 40.7. The molecular formula is C25H25N5O2S2. The van der Waals surface area contributed by atoms with Crippen LogP contribution < -0.4 is 10.2 Å². The number of carbonyl (C=O) groups excluding carboxylic acids is 2. The molecular weight excluding hydrogens is 466 g/mol. The topological polar surface area (TPSA) is 88.1 Å². The number of thiophene rings is 1. The molecule has 0 spiro atoms. The summed E-state index contributed by atoms with van der Waals surface area (Å²) in [6.07, 6.45) is 10.8. The molecule has 0 aliphatic carbocycles. The number of hydrogen-bond donors (Lipinski definition) is 1. The van der Waals surface area contributed by atoms with Crippen molar-refractivity contribution in [2.75, 3.05) is 18.0 Å². The monoisotopic (exact) mass is 491 g/mol. The van der Waals surface area contributed by atoms with Crippen LogP contribution in [0.3, 0.4) is 0 Å². The third-order valence-corrected chi connectivity index (χ3v) is 7.90. The Morgan fingerprint density at radius 2 is 1.97 bits per heavy atom. The summed E-state index contributed by atoms with van der Waals surface area (Å²) in [6.45, 7) is 1.84. The van der Waals surface area contributed by atoms with Gasteiger partial charge in [0.2, 0.25) is 5.95 Å². The van der Waals surface area contributed by atoms with Gasteiger partial charge in [0.15, 0.2) is 0 Å². The van der Waals surface area contributed by atoms with Gasteiger partial charge in [-0.05, 0) is 79.4 Å². The van der Waals surface area contributed by atoms with Gasteiger partial charge in [0.1, 0.15) is 0 Å². The lowest BCUT2D eigenvalue weighted by Gasteiger charge is -2.32. The van der Waals surface area contributed by atoms with Crippen LogP contribution in [0.15, 0.2) is 53.0 Å². The molecule has 7 nitrogen and oxygen atoms in total. The van der Waals surface area contributed by atoms with Gasteiger partial charge in [-0.15, -0.1) is 11.3 Å². The number of carbonyl (C=O) groups is 2. The number of nitrogens with zero attached hydrogens (tertiary/aromatic N) is 4. The maximum atomic E-state index is 11.8. The summed E-state index contributed by atoms with van der Waals surface area (Å²) in [6, 6.07) is 10.2. The zero-order valence-electron chi connectivity index (χ0n) is 18.6. The number of thioether (sulfide) groups is 1. The number of rotatable bonds is 7. The molecule has 2 aliphatic heterocycles. The second kappa shape index (κ2) is 10.5. The lowest BCUT2D eigenvalue weighted by atomic mass is 9.91. The summed E-state index contributed by atoms with van der Waals surface area (Å²) in [5.41, 5.74) is 3.09. The van der Waals surface area contributed by atoms with Crippen LogP contribution in [0.2, 0.25) is 0 Å². The SMILES string of the molecule is O=C1NC(=O)/C(=C/c2ccnc(N3CCC(CCCc4ncccc4-c4cccs4)CC3)n2)S1. The first-order chi connectivity index (χ1) is 16.7. The maximum absolute atomic E-state index is 11.8. The third kappa shape index (κ3) is 5.37. The molecule has 0 saturated carbocycles. The molecule has 0 unspecified atom stereocenters. The highest BCUT2D eigenvalue weighted by Crippen LogP contribution is 2.30. The lowest BCUT2D eigenvalue weighted by Crippen LogP contribution is -2.35. The van der Waals surface area contributed by atoms with E-state index >= 15 is 0 Å². The van der Waals surface area contributed by atoms with Crippen LogP contribution in [-0.4, -0.2) is 39.2 Å². The first-order valence-corrected chi connectivity index (χ1v) is 13.2. The molecule has 3 aromatic heterocycles. The molecule has 5 rings (SSSR count). The smallest absolute Gasteiger partial charge is 0.290 e. The van der Waals surface area contributed by atoms with Gasteiger partial charge in [0.25, 0.3) is 11.1 Å². The molecule has 0 radical (unpaired) electrons. The standard InChI is InChI=1S/C25H25N5O2S2/c31-23-22(34-25(32)29-23)16-18-8-12-27-24(28-18)30-13-9-17(10-14-30)4-1-6-20-19(5-2-11-26-20)21-7-3-15-33-21/h2-3,5,7-8,11-12,15-17H,1,4,6,9-10,13-14H2,(H,29,31,32)/b22-16-. The number of piperidine rings is 1. The first-order valence-electron chi connectivity index (χ1n) is 11.5. The van der Waals surface area contributed by atoms with Gasteiger partial charge in [0, 0.05) is 41.6 Å². The Hall–Kier alpha value is -3.04. The molecule has 2 amide bonds. The fraction of sp³-hybridized carbons (Fsp3) is 0.320. The van der Waals surface area contributed by atoms with E-state index in [9.17, 15) is 9.59 Å². The first kappa shape index (κ1) is 22.7. The molecule has 34 heavy (non-hydrogen) atoms. The van der Waals surface area contributed by atoms with Crippen LogP contribution in [0.5, 0.6) is 0 Å². The van der Waals surface area contributed by atoms with Gasteiger partial charge in [-0.1, -0.05) is 12.1 Å². The van der Waals surface area contributed by atoms with Gasteiger partial charge >= 0.3 is 0 Å². The second-order valence-corrected chi connectivity index (χ2v) is 10.4. The molecule has 0 aromatic carbocycles. The van der Waals surface area contributed by atoms with Gasteiger partial charge in [-0.2, -0.15) is 0 Å². The van der Waals surface area contributed by atoms with Crippen molar-refractivity contribution in [1.82, 2.24) is 20.3 Å². The normalized spacial score (nSPS) is 18.0. The highest BCUT2D eigenvalue weighted by atomic mass is 32.2. The summed E-state index contributed by atoms with van der Waals surface area (Å²) in [5.74, 6) is 1.00. The van der Waals surface area contributed by atoms with Crippen molar-refractivity contribution in [1.29, 1.82) is 0 Å². The van der Waals surface area contributed by atoms with Crippen LogP contribution in [0.25, 0.3) is 16.5 Å². The highest BCUT2D eigenvalue weighted by molar-refractivity contribution is 8.18. The van der Waals surface area contributed by atoms with Crippen LogP contribution in [0, 0.1) is 5.92 Å². The van der Waals surface area contributed by atoms with Crippen molar-refractivity contribution >= 4 is 46.3 Å². The van der Waals surface area contributed by atoms with Crippen molar-refractivity contribution < 1.29 is 9.59 Å². The minimum Gasteiger partial charge on any atom is -0.341 e. The second-order valence-electron chi connectivity index (χ2n) is 8.43. The van der Waals surface area contributed by atoms with Crippen LogP contribution in [0.1, 0.15) is 37.1 Å². The molecule has 1 N–H and O–H groups in total. The van der Waals surface area contributed by atoms with Crippen molar-refractivity contribution in [2.45, 2.75) is 32.1 Å².